The number of hydrogen-bond donors (Lipinski definition) is 2. The molecule has 0 fully saturated rings. The van der Waals surface area contributed by atoms with Gasteiger partial charge < -0.3 is 10.4 Å². The van der Waals surface area contributed by atoms with Crippen LogP contribution in [-0.2, 0) is 11.2 Å². The summed E-state index contributed by atoms with van der Waals surface area (Å²) in [6.07, 6.45) is 4.45. The number of nitrogens with one attached hydrogen (secondary N) is 1. The molecule has 0 aliphatic carbocycles. The van der Waals surface area contributed by atoms with E-state index in [1.807, 2.05) is 56.3 Å². The first-order valence-corrected chi connectivity index (χ1v) is 8.81. The van der Waals surface area contributed by atoms with Gasteiger partial charge in [0.1, 0.15) is 0 Å². The first-order chi connectivity index (χ1) is 12.9. The third-order valence-electron chi connectivity index (χ3n) is 4.38. The van der Waals surface area contributed by atoms with Gasteiger partial charge in [-0.05, 0) is 43.5 Å². The predicted octanol–water partition coefficient (Wildman–Crippen LogP) is 4.24. The molecular weight excluding hydrogens is 340 g/mol. The number of rotatable bonds is 5. The minimum absolute atomic E-state index is 0.132. The smallest absolute Gasteiger partial charge is 0.416 e. The molecule has 0 unspecified atom stereocenters. The fraction of sp³-hybridized carbons (Fsp3) is 0.182. The van der Waals surface area contributed by atoms with Gasteiger partial charge in [0.2, 0.25) is 5.91 Å². The second-order valence-electron chi connectivity index (χ2n) is 6.69. The van der Waals surface area contributed by atoms with Crippen molar-refractivity contribution in [2.24, 2.45) is 0 Å². The highest BCUT2D eigenvalue weighted by atomic mass is 16.4. The summed E-state index contributed by atoms with van der Waals surface area (Å²) < 4.78 is 1.22. The average Bonchev–Trinajstić information content (AvgIpc) is 2.99. The van der Waals surface area contributed by atoms with Gasteiger partial charge in [-0.15, -0.1) is 0 Å². The van der Waals surface area contributed by atoms with E-state index in [9.17, 15) is 14.7 Å². The van der Waals surface area contributed by atoms with Crippen molar-refractivity contribution in [1.29, 1.82) is 0 Å². The van der Waals surface area contributed by atoms with Gasteiger partial charge in [-0.1, -0.05) is 48.0 Å². The fourth-order valence-electron chi connectivity index (χ4n) is 3.19. The van der Waals surface area contributed by atoms with Gasteiger partial charge >= 0.3 is 6.09 Å². The van der Waals surface area contributed by atoms with E-state index in [0.29, 0.717) is 11.9 Å². The molecule has 138 valence electrons. The molecule has 5 heteroatoms. The lowest BCUT2D eigenvalue weighted by atomic mass is 10.1. The van der Waals surface area contributed by atoms with Crippen molar-refractivity contribution in [3.63, 3.8) is 0 Å². The predicted molar refractivity (Wildman–Crippen MR) is 107 cm³/mol. The van der Waals surface area contributed by atoms with Crippen molar-refractivity contribution in [1.82, 2.24) is 9.88 Å². The third-order valence-corrected chi connectivity index (χ3v) is 4.38. The normalized spacial score (nSPS) is 12.4. The van der Waals surface area contributed by atoms with E-state index < -0.39 is 6.09 Å². The number of aryl methyl sites for hydroxylation is 1. The van der Waals surface area contributed by atoms with Crippen LogP contribution in [-0.4, -0.2) is 27.7 Å². The Morgan fingerprint density at radius 2 is 1.96 bits per heavy atom. The average molecular weight is 362 g/mol. The molecule has 3 aromatic rings. The van der Waals surface area contributed by atoms with Crippen LogP contribution in [0.2, 0.25) is 0 Å². The minimum Gasteiger partial charge on any atom is -0.464 e. The highest BCUT2D eigenvalue weighted by Crippen LogP contribution is 2.22. The van der Waals surface area contributed by atoms with Crippen molar-refractivity contribution in [3.8, 4) is 0 Å². The highest BCUT2D eigenvalue weighted by molar-refractivity contribution is 5.93. The molecule has 1 atom stereocenters. The zero-order valence-electron chi connectivity index (χ0n) is 15.3. The van der Waals surface area contributed by atoms with Crippen molar-refractivity contribution in [2.45, 2.75) is 26.3 Å². The molecule has 1 aromatic heterocycles. The maximum Gasteiger partial charge on any atom is 0.416 e. The molecule has 2 N–H and O–H groups in total. The number of aromatic nitrogens is 1. The first kappa shape index (κ1) is 18.5. The molecule has 0 spiro atoms. The maximum atomic E-state index is 12.2. The molecule has 0 saturated carbocycles. The van der Waals surface area contributed by atoms with Gasteiger partial charge in [0.15, 0.2) is 0 Å². The van der Waals surface area contributed by atoms with Crippen LogP contribution < -0.4 is 5.32 Å². The van der Waals surface area contributed by atoms with Crippen LogP contribution in [0.4, 0.5) is 4.79 Å². The minimum atomic E-state index is -1.02. The summed E-state index contributed by atoms with van der Waals surface area (Å²) in [5.74, 6) is -0.175. The maximum absolute atomic E-state index is 12.2. The number of benzene rings is 2. The van der Waals surface area contributed by atoms with E-state index in [2.05, 4.69) is 5.32 Å². The summed E-state index contributed by atoms with van der Waals surface area (Å²) in [6.45, 7) is 3.92. The molecule has 0 aliphatic rings. The van der Waals surface area contributed by atoms with Crippen LogP contribution >= 0.6 is 0 Å². The number of carbonyl (C=O) groups excluding carboxylic acids is 1. The Morgan fingerprint density at radius 3 is 2.70 bits per heavy atom. The fourth-order valence-corrected chi connectivity index (χ4v) is 3.19. The number of carboxylic acid groups (broad SMARTS) is 1. The molecule has 0 radical (unpaired) electrons. The second kappa shape index (κ2) is 7.91. The molecule has 3 rings (SSSR count). The van der Waals surface area contributed by atoms with Crippen molar-refractivity contribution in [2.75, 3.05) is 0 Å². The summed E-state index contributed by atoms with van der Waals surface area (Å²) in [5, 5.41) is 13.2. The summed E-state index contributed by atoms with van der Waals surface area (Å²) in [6, 6.07) is 15.2. The van der Waals surface area contributed by atoms with E-state index in [1.54, 1.807) is 18.3 Å². The van der Waals surface area contributed by atoms with E-state index in [4.69, 9.17) is 0 Å². The molecular formula is C22H22N2O3. The third kappa shape index (κ3) is 4.44. The van der Waals surface area contributed by atoms with Crippen LogP contribution in [0.3, 0.4) is 0 Å². The summed E-state index contributed by atoms with van der Waals surface area (Å²) >= 11 is 0. The molecule has 2 aromatic carbocycles. The van der Waals surface area contributed by atoms with Crippen LogP contribution in [0.15, 0.2) is 60.8 Å². The number of nitrogens with zero attached hydrogens (tertiary/aromatic N) is 1. The van der Waals surface area contributed by atoms with Crippen molar-refractivity contribution in [3.05, 3.63) is 77.5 Å². The Bertz CT molecular complexity index is 1020. The van der Waals surface area contributed by atoms with Crippen molar-refractivity contribution < 1.29 is 14.7 Å². The summed E-state index contributed by atoms with van der Waals surface area (Å²) in [5.41, 5.74) is 3.66. The monoisotopic (exact) mass is 362 g/mol. The Morgan fingerprint density at radius 1 is 1.19 bits per heavy atom. The molecule has 5 nitrogen and oxygen atoms in total. The Balaban J connectivity index is 1.69. The van der Waals surface area contributed by atoms with Gasteiger partial charge in [0, 0.05) is 23.7 Å². The first-order valence-electron chi connectivity index (χ1n) is 8.81. The molecule has 0 saturated heterocycles. The van der Waals surface area contributed by atoms with Crippen LogP contribution in [0.1, 0.15) is 23.6 Å². The van der Waals surface area contributed by atoms with Gasteiger partial charge in [-0.3, -0.25) is 9.36 Å². The van der Waals surface area contributed by atoms with Gasteiger partial charge in [0.25, 0.3) is 0 Å². The van der Waals surface area contributed by atoms with Crippen molar-refractivity contribution >= 4 is 29.0 Å². The largest absolute Gasteiger partial charge is 0.464 e. The molecule has 1 amide bonds. The zero-order valence-corrected chi connectivity index (χ0v) is 15.3. The molecule has 27 heavy (non-hydrogen) atoms. The second-order valence-corrected chi connectivity index (χ2v) is 6.69. The van der Waals surface area contributed by atoms with Crippen LogP contribution in [0.25, 0.3) is 17.0 Å². The number of para-hydroxylation sites is 1. The standard InChI is InChI=1S/C22H22N2O3/c1-15-6-5-7-17(12-15)10-11-21(25)23-16(2)13-18-14-24(22(26)27)20-9-4-3-8-19(18)20/h3-12,14,16H,13H2,1-2H3,(H,23,25)(H,26,27)/t16-/m1/s1. The topological polar surface area (TPSA) is 71.3 Å². The Hall–Kier alpha value is -3.34. The van der Waals surface area contributed by atoms with Gasteiger partial charge in [0.05, 0.1) is 5.52 Å². The number of carbonyl (C=O) groups is 2. The van der Waals surface area contributed by atoms with E-state index >= 15 is 0 Å². The summed E-state index contributed by atoms with van der Waals surface area (Å²) in [7, 11) is 0. The highest BCUT2D eigenvalue weighted by Gasteiger charge is 2.15. The summed E-state index contributed by atoms with van der Waals surface area (Å²) in [4.78, 5) is 23.6. The Kier molecular flexibility index (Phi) is 5.41. The van der Waals surface area contributed by atoms with Gasteiger partial charge in [-0.2, -0.15) is 0 Å². The number of fused-ring (bicyclic) bond motifs is 1. The van der Waals surface area contributed by atoms with Crippen LogP contribution in [0.5, 0.6) is 0 Å². The lowest BCUT2D eigenvalue weighted by Crippen LogP contribution is -2.32. The Labute approximate surface area is 157 Å². The van der Waals surface area contributed by atoms with Gasteiger partial charge in [-0.25, -0.2) is 4.79 Å². The molecule has 0 aliphatic heterocycles. The zero-order chi connectivity index (χ0) is 19.4. The number of amides is 1. The quantitative estimate of drug-likeness (QED) is 0.667. The molecule has 0 bridgehead atoms. The lowest BCUT2D eigenvalue weighted by Gasteiger charge is -2.12. The van der Waals surface area contributed by atoms with E-state index in [1.165, 1.54) is 10.6 Å². The lowest BCUT2D eigenvalue weighted by molar-refractivity contribution is -0.117. The van der Waals surface area contributed by atoms with E-state index in [-0.39, 0.29) is 11.9 Å². The SMILES string of the molecule is Cc1cccc(C=CC(=O)N[C@H](C)Cc2cn(C(=O)O)c3ccccc23)c1. The van der Waals surface area contributed by atoms with E-state index in [0.717, 1.165) is 22.1 Å². The molecule has 1 heterocycles. The number of hydrogen-bond acceptors (Lipinski definition) is 2. The van der Waals surface area contributed by atoms with Crippen LogP contribution in [0, 0.1) is 6.92 Å².